The van der Waals surface area contributed by atoms with Crippen molar-refractivity contribution in [2.24, 2.45) is 0 Å². The molecule has 3 rings (SSSR count). The molecule has 1 fully saturated rings. The summed E-state index contributed by atoms with van der Waals surface area (Å²) in [6, 6.07) is 8.07. The van der Waals surface area contributed by atoms with Gasteiger partial charge in [-0.1, -0.05) is 107 Å². The van der Waals surface area contributed by atoms with Crippen molar-refractivity contribution in [2.75, 3.05) is 13.2 Å². The van der Waals surface area contributed by atoms with Crippen molar-refractivity contribution in [1.82, 2.24) is 0 Å². The van der Waals surface area contributed by atoms with E-state index in [-0.39, 0.29) is 64.2 Å². The van der Waals surface area contributed by atoms with Crippen LogP contribution in [0.1, 0.15) is 129 Å². The molecule has 1 aliphatic rings. The van der Waals surface area contributed by atoms with E-state index in [0.29, 0.717) is 11.5 Å². The third kappa shape index (κ3) is 12.9. The van der Waals surface area contributed by atoms with Gasteiger partial charge in [0.25, 0.3) is 0 Å². The minimum atomic E-state index is -0.102. The molecule has 2 aromatic carbocycles. The van der Waals surface area contributed by atoms with Crippen LogP contribution in [0.15, 0.2) is 24.3 Å². The summed E-state index contributed by atoms with van der Waals surface area (Å²) in [6.45, 7) is 27.7. The third-order valence-electron chi connectivity index (χ3n) is 6.93. The van der Waals surface area contributed by atoms with Gasteiger partial charge in [0.05, 0.1) is 0 Å². The summed E-state index contributed by atoms with van der Waals surface area (Å²) in [5.74, 6) is 0.584. The van der Waals surface area contributed by atoms with Crippen molar-refractivity contribution >= 4 is 12.4 Å². The predicted molar refractivity (Wildman–Crippen MR) is 174 cm³/mol. The minimum absolute atomic E-state index is 0. The van der Waals surface area contributed by atoms with E-state index in [0.717, 1.165) is 35.5 Å². The van der Waals surface area contributed by atoms with Gasteiger partial charge in [0.15, 0.2) is 0 Å². The molecule has 0 unspecified atom stereocenters. The second-order valence-corrected chi connectivity index (χ2v) is 14.7. The molecule has 0 saturated carbocycles. The fraction of sp³-hybridized carbons (Fsp3) is 0.647. The molecule has 0 amide bonds. The van der Waals surface area contributed by atoms with Crippen LogP contribution >= 0.6 is 12.4 Å². The zero-order chi connectivity index (χ0) is 30.4. The van der Waals surface area contributed by atoms with Gasteiger partial charge in [0.2, 0.25) is 0 Å². The summed E-state index contributed by atoms with van der Waals surface area (Å²) in [4.78, 5) is 0. The first-order valence-corrected chi connectivity index (χ1v) is 14.2. The van der Waals surface area contributed by atoms with Crippen LogP contribution in [0, 0.1) is 0 Å². The predicted octanol–water partition coefficient (Wildman–Crippen LogP) is 10.3. The Balaban J connectivity index is 0. The number of hydrogen-bond acceptors (Lipinski definition) is 3. The van der Waals surface area contributed by atoms with E-state index in [4.69, 9.17) is 16.2 Å². The number of aromatic hydroxyl groups is 2. The van der Waals surface area contributed by atoms with Crippen LogP contribution in [0.5, 0.6) is 11.5 Å². The summed E-state index contributed by atoms with van der Waals surface area (Å²) < 4.78 is 4.94. The summed E-state index contributed by atoms with van der Waals surface area (Å²) in [6.07, 6.45) is 2.56. The summed E-state index contributed by atoms with van der Waals surface area (Å²) in [5.41, 5.74) is 20.6. The van der Waals surface area contributed by atoms with Crippen molar-refractivity contribution in [1.29, 1.82) is 0 Å². The van der Waals surface area contributed by atoms with E-state index in [9.17, 15) is 10.2 Å². The van der Waals surface area contributed by atoms with Gasteiger partial charge < -0.3 is 26.4 Å². The number of phenols is 2. The molecule has 0 bridgehead atoms. The number of ether oxygens (including phenoxy) is 1. The zero-order valence-corrected chi connectivity index (χ0v) is 29.6. The van der Waals surface area contributed by atoms with Gasteiger partial charge in [-0.3, -0.25) is 0 Å². The Labute approximate surface area is 268 Å². The van der Waals surface area contributed by atoms with Gasteiger partial charge in [-0.15, -0.1) is 25.5 Å². The normalized spacial score (nSPS) is 13.6. The summed E-state index contributed by atoms with van der Waals surface area (Å²) >= 11 is 0. The van der Waals surface area contributed by atoms with E-state index in [1.54, 1.807) is 0 Å². The quantitative estimate of drug-likeness (QED) is 0.323. The van der Waals surface area contributed by atoms with Crippen molar-refractivity contribution < 1.29 is 32.0 Å². The summed E-state index contributed by atoms with van der Waals surface area (Å²) in [7, 11) is 0. The Morgan fingerprint density at radius 3 is 1.05 bits per heavy atom. The first kappa shape index (κ1) is 41.9. The average molecular weight is 632 g/mol. The number of nitrogens with one attached hydrogen (secondary N) is 2. The zero-order valence-electron chi connectivity index (χ0n) is 27.6. The molecule has 4 N–H and O–H groups in total. The molecule has 0 spiro atoms. The van der Waals surface area contributed by atoms with Crippen LogP contribution in [-0.4, -0.2) is 23.4 Å². The Kier molecular flexibility index (Phi) is 16.9. The molecular formula is C34H57ClMnN2O3. The van der Waals surface area contributed by atoms with E-state index in [2.05, 4.69) is 95.2 Å². The SMILES string of the molecule is C1CCOC1.CC(C)(C)c1cc(C[NH-])c(O)c(C(C)(C)C)c1.CC(C)(C)c1cc(C[NH-])c(O)c(C(C)(C)C)c1.Cl.[Mn+2]. The van der Waals surface area contributed by atoms with Crippen LogP contribution in [0.3, 0.4) is 0 Å². The van der Waals surface area contributed by atoms with Crippen LogP contribution in [-0.2, 0) is 56.6 Å². The van der Waals surface area contributed by atoms with Gasteiger partial charge in [-0.25, -0.2) is 0 Å². The van der Waals surface area contributed by atoms with Gasteiger partial charge in [0, 0.05) is 13.2 Å². The number of hydrogen-bond donors (Lipinski definition) is 2. The van der Waals surface area contributed by atoms with Crippen LogP contribution < -0.4 is 0 Å². The molecule has 1 aliphatic heterocycles. The van der Waals surface area contributed by atoms with Crippen LogP contribution in [0.25, 0.3) is 11.5 Å². The molecule has 0 aromatic heterocycles. The number of phenolic OH excluding ortho intramolecular Hbond substituents is 2. The molecule has 235 valence electrons. The van der Waals surface area contributed by atoms with Crippen molar-refractivity contribution in [3.63, 3.8) is 0 Å². The fourth-order valence-electron chi connectivity index (χ4n) is 4.18. The molecule has 7 heteroatoms. The number of halogens is 1. The van der Waals surface area contributed by atoms with E-state index < -0.39 is 0 Å². The summed E-state index contributed by atoms with van der Waals surface area (Å²) in [5, 5.41) is 20.4. The molecule has 41 heavy (non-hydrogen) atoms. The topological polar surface area (TPSA) is 97.3 Å². The fourth-order valence-corrected chi connectivity index (χ4v) is 4.18. The molecule has 2 aromatic rings. The first-order chi connectivity index (χ1) is 17.6. The maximum absolute atomic E-state index is 10.2. The van der Waals surface area contributed by atoms with Crippen molar-refractivity contribution in [3.05, 3.63) is 69.1 Å². The maximum atomic E-state index is 10.2. The minimum Gasteiger partial charge on any atom is -0.674 e. The van der Waals surface area contributed by atoms with Crippen LogP contribution in [0.2, 0.25) is 0 Å². The van der Waals surface area contributed by atoms with Gasteiger partial charge >= 0.3 is 17.1 Å². The standard InChI is InChI=1S/2C15H24NO.C4H8O.ClH.Mn/c2*1-14(2,3)11-7-10(9-16)13(17)12(8-11)15(4,5)6;1-2-4-5-3-1;;/h2*7-8,16-17H,9H2,1-6H3;1-4H2;1H;/q2*-1;;;+2. The second kappa shape index (κ2) is 16.5. The first-order valence-electron chi connectivity index (χ1n) is 14.2. The average Bonchev–Trinajstić information content (AvgIpc) is 3.37. The van der Waals surface area contributed by atoms with Gasteiger partial charge in [-0.05, 0) is 67.9 Å². The Hall–Kier alpha value is -1.27. The van der Waals surface area contributed by atoms with Gasteiger partial charge in [0.1, 0.15) is 11.5 Å². The Morgan fingerprint density at radius 1 is 0.585 bits per heavy atom. The van der Waals surface area contributed by atoms with E-state index >= 15 is 0 Å². The van der Waals surface area contributed by atoms with E-state index in [1.165, 1.54) is 24.0 Å². The van der Waals surface area contributed by atoms with Gasteiger partial charge in [-0.2, -0.15) is 0 Å². The molecule has 1 radical (unpaired) electrons. The monoisotopic (exact) mass is 631 g/mol. The van der Waals surface area contributed by atoms with Crippen molar-refractivity contribution in [2.45, 2.75) is 131 Å². The third-order valence-corrected chi connectivity index (χ3v) is 6.93. The number of rotatable bonds is 2. The molecule has 0 aliphatic carbocycles. The van der Waals surface area contributed by atoms with Crippen LogP contribution in [0.4, 0.5) is 0 Å². The largest absolute Gasteiger partial charge is 2.00 e. The molecular weight excluding hydrogens is 575 g/mol. The number of benzene rings is 2. The van der Waals surface area contributed by atoms with E-state index in [1.807, 2.05) is 12.1 Å². The Morgan fingerprint density at radius 2 is 0.878 bits per heavy atom. The van der Waals surface area contributed by atoms with Crippen molar-refractivity contribution in [3.8, 4) is 11.5 Å². The maximum Gasteiger partial charge on any atom is 2.00 e. The Bertz CT molecular complexity index is 983. The molecule has 1 heterocycles. The molecule has 5 nitrogen and oxygen atoms in total. The second-order valence-electron chi connectivity index (χ2n) is 14.7. The molecule has 1 saturated heterocycles. The molecule has 0 atom stereocenters. The smallest absolute Gasteiger partial charge is 0.674 e.